The summed E-state index contributed by atoms with van der Waals surface area (Å²) in [6.07, 6.45) is 2.39. The van der Waals surface area contributed by atoms with E-state index in [2.05, 4.69) is 4.98 Å². The molecule has 0 aliphatic carbocycles. The molecule has 1 heterocycles. The molecule has 1 atom stereocenters. The molecule has 2 N–H and O–H groups in total. The third-order valence-electron chi connectivity index (χ3n) is 1.58. The molecule has 2 nitrogen and oxygen atoms in total. The third kappa shape index (κ3) is 2.58. The third-order valence-corrected chi connectivity index (χ3v) is 1.58. The van der Waals surface area contributed by atoms with E-state index in [0.717, 1.165) is 12.0 Å². The summed E-state index contributed by atoms with van der Waals surface area (Å²) >= 11 is 0. The first kappa shape index (κ1) is 9.13. The van der Waals surface area contributed by atoms with Gasteiger partial charge in [0, 0.05) is 12.2 Å². The molecule has 66 valence electrons. The van der Waals surface area contributed by atoms with Gasteiger partial charge in [0.1, 0.15) is 6.67 Å². The van der Waals surface area contributed by atoms with E-state index in [1.165, 1.54) is 0 Å². The lowest BCUT2D eigenvalue weighted by Gasteiger charge is -2.04. The van der Waals surface area contributed by atoms with Crippen LogP contribution in [0.3, 0.4) is 0 Å². The van der Waals surface area contributed by atoms with Crippen molar-refractivity contribution in [3.8, 4) is 0 Å². The van der Waals surface area contributed by atoms with Crippen LogP contribution < -0.4 is 5.73 Å². The summed E-state index contributed by atoms with van der Waals surface area (Å²) in [7, 11) is 0. The van der Waals surface area contributed by atoms with Crippen LogP contribution in [0.15, 0.2) is 18.3 Å². The summed E-state index contributed by atoms with van der Waals surface area (Å²) in [6, 6.07) is 3.73. The highest BCUT2D eigenvalue weighted by atomic mass is 19.1. The number of aromatic nitrogens is 1. The van der Waals surface area contributed by atoms with Crippen LogP contribution in [-0.2, 0) is 13.1 Å². The van der Waals surface area contributed by atoms with E-state index < -0.39 is 6.67 Å². The van der Waals surface area contributed by atoms with Gasteiger partial charge >= 0.3 is 0 Å². The molecule has 12 heavy (non-hydrogen) atoms. The Balaban J connectivity index is 2.72. The minimum absolute atomic E-state index is 0.111. The van der Waals surface area contributed by atoms with Crippen molar-refractivity contribution in [2.24, 2.45) is 5.73 Å². The van der Waals surface area contributed by atoms with E-state index in [9.17, 15) is 4.39 Å². The molecule has 3 heteroatoms. The fourth-order valence-corrected chi connectivity index (χ4v) is 1.10. The summed E-state index contributed by atoms with van der Waals surface area (Å²) in [4.78, 5) is 3.85. The second kappa shape index (κ2) is 4.16. The molecule has 1 aromatic heterocycles. The van der Waals surface area contributed by atoms with Crippen molar-refractivity contribution in [3.63, 3.8) is 0 Å². The molecule has 0 aliphatic heterocycles. The molecular formula is C9H13FN2. The second-order valence-electron chi connectivity index (χ2n) is 2.97. The first-order valence-electron chi connectivity index (χ1n) is 3.97. The van der Waals surface area contributed by atoms with E-state index in [0.29, 0.717) is 5.69 Å². The van der Waals surface area contributed by atoms with Gasteiger partial charge in [-0.2, -0.15) is 0 Å². The van der Waals surface area contributed by atoms with Gasteiger partial charge in [0.2, 0.25) is 0 Å². The van der Waals surface area contributed by atoms with Gasteiger partial charge in [-0.05, 0) is 31.0 Å². The van der Waals surface area contributed by atoms with E-state index in [1.807, 2.05) is 13.0 Å². The van der Waals surface area contributed by atoms with Crippen LogP contribution in [0.25, 0.3) is 0 Å². The average molecular weight is 168 g/mol. The minimum atomic E-state index is -0.507. The highest BCUT2D eigenvalue weighted by Crippen LogP contribution is 2.05. The second-order valence-corrected chi connectivity index (χ2v) is 2.97. The molecule has 0 bridgehead atoms. The maximum absolute atomic E-state index is 12.1. The average Bonchev–Trinajstić information content (AvgIpc) is 2.03. The zero-order valence-corrected chi connectivity index (χ0v) is 7.13. The molecule has 0 spiro atoms. The Morgan fingerprint density at radius 3 is 3.00 bits per heavy atom. The molecule has 0 fully saturated rings. The van der Waals surface area contributed by atoms with E-state index in [-0.39, 0.29) is 6.04 Å². The Labute approximate surface area is 71.6 Å². The number of alkyl halides is 1. The van der Waals surface area contributed by atoms with Crippen molar-refractivity contribution in [2.45, 2.75) is 26.1 Å². The van der Waals surface area contributed by atoms with Crippen LogP contribution >= 0.6 is 0 Å². The first-order chi connectivity index (χ1) is 5.72. The number of hydrogen-bond acceptors (Lipinski definition) is 2. The highest BCUT2D eigenvalue weighted by molar-refractivity contribution is 5.16. The number of rotatable bonds is 3. The predicted octanol–water partition coefficient (Wildman–Crippen LogP) is 1.44. The Morgan fingerprint density at radius 2 is 2.42 bits per heavy atom. The quantitative estimate of drug-likeness (QED) is 0.741. The Bertz CT molecular complexity index is 248. The summed E-state index contributed by atoms with van der Waals surface area (Å²) in [5.74, 6) is 0. The van der Waals surface area contributed by atoms with Gasteiger partial charge in [-0.1, -0.05) is 0 Å². The summed E-state index contributed by atoms with van der Waals surface area (Å²) in [5, 5.41) is 0. The predicted molar refractivity (Wildman–Crippen MR) is 46.4 cm³/mol. The van der Waals surface area contributed by atoms with Crippen LogP contribution in [0, 0.1) is 0 Å². The normalized spacial score (nSPS) is 12.9. The topological polar surface area (TPSA) is 38.9 Å². The van der Waals surface area contributed by atoms with E-state index >= 15 is 0 Å². The fraction of sp³-hybridized carbons (Fsp3) is 0.444. The Kier molecular flexibility index (Phi) is 3.17. The zero-order valence-electron chi connectivity index (χ0n) is 7.13. The number of nitrogens with zero attached hydrogens (tertiary/aromatic N) is 1. The molecule has 0 saturated heterocycles. The summed E-state index contributed by atoms with van der Waals surface area (Å²) in [5.41, 5.74) is 7.13. The SMILES string of the molecule is CC(N)Cc1ccnc(CF)c1. The lowest BCUT2D eigenvalue weighted by atomic mass is 10.1. The summed E-state index contributed by atoms with van der Waals surface area (Å²) in [6.45, 7) is 1.42. The molecule has 0 radical (unpaired) electrons. The van der Waals surface area contributed by atoms with Crippen LogP contribution in [0.1, 0.15) is 18.2 Å². The molecule has 0 amide bonds. The smallest absolute Gasteiger partial charge is 0.131 e. The Hall–Kier alpha value is -0.960. The van der Waals surface area contributed by atoms with Gasteiger partial charge in [0.05, 0.1) is 5.69 Å². The lowest BCUT2D eigenvalue weighted by Crippen LogP contribution is -2.17. The number of pyridine rings is 1. The number of hydrogen-bond donors (Lipinski definition) is 1. The zero-order chi connectivity index (χ0) is 8.97. The minimum Gasteiger partial charge on any atom is -0.328 e. The molecule has 1 aromatic rings. The van der Waals surface area contributed by atoms with Gasteiger partial charge < -0.3 is 5.73 Å². The van der Waals surface area contributed by atoms with Crippen LogP contribution in [-0.4, -0.2) is 11.0 Å². The van der Waals surface area contributed by atoms with E-state index in [4.69, 9.17) is 5.73 Å². The van der Waals surface area contributed by atoms with E-state index in [1.54, 1.807) is 12.3 Å². The Morgan fingerprint density at radius 1 is 1.67 bits per heavy atom. The fourth-order valence-electron chi connectivity index (χ4n) is 1.10. The van der Waals surface area contributed by atoms with Crippen LogP contribution in [0.4, 0.5) is 4.39 Å². The summed E-state index contributed by atoms with van der Waals surface area (Å²) < 4.78 is 12.1. The van der Waals surface area contributed by atoms with Gasteiger partial charge in [-0.3, -0.25) is 4.98 Å². The van der Waals surface area contributed by atoms with Crippen LogP contribution in [0.5, 0.6) is 0 Å². The van der Waals surface area contributed by atoms with Gasteiger partial charge in [-0.25, -0.2) is 4.39 Å². The standard InChI is InChI=1S/C9H13FN2/c1-7(11)4-8-2-3-12-9(5-8)6-10/h2-3,5,7H,4,6,11H2,1H3. The van der Waals surface area contributed by atoms with Gasteiger partial charge in [0.15, 0.2) is 0 Å². The number of halogens is 1. The van der Waals surface area contributed by atoms with Crippen molar-refractivity contribution in [1.82, 2.24) is 4.98 Å². The van der Waals surface area contributed by atoms with Gasteiger partial charge in [-0.15, -0.1) is 0 Å². The molecular weight excluding hydrogens is 155 g/mol. The lowest BCUT2D eigenvalue weighted by molar-refractivity contribution is 0.475. The van der Waals surface area contributed by atoms with Gasteiger partial charge in [0.25, 0.3) is 0 Å². The molecule has 0 saturated carbocycles. The van der Waals surface area contributed by atoms with Crippen molar-refractivity contribution >= 4 is 0 Å². The van der Waals surface area contributed by atoms with Crippen LogP contribution in [0.2, 0.25) is 0 Å². The first-order valence-corrected chi connectivity index (χ1v) is 3.97. The largest absolute Gasteiger partial charge is 0.328 e. The van der Waals surface area contributed by atoms with Crippen molar-refractivity contribution in [2.75, 3.05) is 0 Å². The number of nitrogens with two attached hydrogens (primary N) is 1. The molecule has 1 rings (SSSR count). The highest BCUT2D eigenvalue weighted by Gasteiger charge is 1.99. The maximum atomic E-state index is 12.1. The molecule has 1 unspecified atom stereocenters. The maximum Gasteiger partial charge on any atom is 0.131 e. The monoisotopic (exact) mass is 168 g/mol. The molecule has 0 aliphatic rings. The van der Waals surface area contributed by atoms with Crippen molar-refractivity contribution < 1.29 is 4.39 Å². The van der Waals surface area contributed by atoms with Crippen molar-refractivity contribution in [1.29, 1.82) is 0 Å². The molecule has 0 aromatic carbocycles. The van der Waals surface area contributed by atoms with Crippen molar-refractivity contribution in [3.05, 3.63) is 29.6 Å².